The molecular weight excluding hydrogens is 368 g/mol. The normalized spacial score (nSPS) is 19.9. The molecule has 1 aromatic rings. The number of hydrogen-bond acceptors (Lipinski definition) is 5. The van der Waals surface area contributed by atoms with Crippen LogP contribution in [0.15, 0.2) is 29.2 Å². The van der Waals surface area contributed by atoms with Crippen LogP contribution in [0.25, 0.3) is 0 Å². The molecule has 0 unspecified atom stereocenters. The first kappa shape index (κ1) is 19.8. The van der Waals surface area contributed by atoms with Gasteiger partial charge < -0.3 is 10.6 Å². The molecule has 2 heterocycles. The highest BCUT2D eigenvalue weighted by molar-refractivity contribution is 7.89. The van der Waals surface area contributed by atoms with Crippen LogP contribution in [0.4, 0.5) is 0 Å². The van der Waals surface area contributed by atoms with Crippen LogP contribution in [0.5, 0.6) is 0 Å². The number of carbonyl (C=O) groups excluding carboxylic acids is 2. The molecule has 2 N–H and O–H groups in total. The molecule has 8 nitrogen and oxygen atoms in total. The maximum absolute atomic E-state index is 12.6. The lowest BCUT2D eigenvalue weighted by molar-refractivity contribution is -0.123. The first-order valence-corrected chi connectivity index (χ1v) is 10.5. The molecule has 9 heteroatoms. The van der Waals surface area contributed by atoms with Gasteiger partial charge in [-0.1, -0.05) is 0 Å². The van der Waals surface area contributed by atoms with Crippen LogP contribution in [0.1, 0.15) is 23.2 Å². The number of likely N-dealkylation sites (tertiary alicyclic amines) is 2. The van der Waals surface area contributed by atoms with Crippen LogP contribution in [0, 0.1) is 5.92 Å². The van der Waals surface area contributed by atoms with Gasteiger partial charge in [-0.05, 0) is 50.2 Å². The van der Waals surface area contributed by atoms with Crippen LogP contribution in [0.2, 0.25) is 0 Å². The molecule has 1 aromatic carbocycles. The Kier molecular flexibility index (Phi) is 5.55. The molecule has 0 radical (unpaired) electrons. The molecule has 0 spiro atoms. The van der Waals surface area contributed by atoms with Crippen LogP contribution in [-0.4, -0.2) is 80.7 Å². The number of amides is 2. The van der Waals surface area contributed by atoms with E-state index in [0.717, 1.165) is 30.2 Å². The van der Waals surface area contributed by atoms with Gasteiger partial charge in [-0.15, -0.1) is 0 Å². The van der Waals surface area contributed by atoms with Crippen LogP contribution < -0.4 is 5.73 Å². The summed E-state index contributed by atoms with van der Waals surface area (Å²) in [7, 11) is -0.550. The van der Waals surface area contributed by atoms with Crippen molar-refractivity contribution in [3.63, 3.8) is 0 Å². The number of rotatable bonds is 5. The lowest BCUT2D eigenvalue weighted by atomic mass is 9.93. The Morgan fingerprint density at radius 2 is 1.63 bits per heavy atom. The van der Waals surface area contributed by atoms with Crippen LogP contribution >= 0.6 is 0 Å². The SMILES string of the molecule is CN(C)S(=O)(=O)c1ccc(C(=O)N2CC(N3CCC(C(N)=O)CC3)C2)cc1. The van der Waals surface area contributed by atoms with Crippen molar-refractivity contribution in [1.29, 1.82) is 0 Å². The number of hydrogen-bond donors (Lipinski definition) is 1. The Morgan fingerprint density at radius 3 is 2.11 bits per heavy atom. The topological polar surface area (TPSA) is 104 Å². The third kappa shape index (κ3) is 3.99. The lowest BCUT2D eigenvalue weighted by Gasteiger charge is -2.47. The summed E-state index contributed by atoms with van der Waals surface area (Å²) in [5.41, 5.74) is 5.85. The van der Waals surface area contributed by atoms with Gasteiger partial charge >= 0.3 is 0 Å². The van der Waals surface area contributed by atoms with E-state index in [1.165, 1.54) is 26.2 Å². The molecule has 2 amide bonds. The highest BCUT2D eigenvalue weighted by Crippen LogP contribution is 2.24. The van der Waals surface area contributed by atoms with E-state index in [-0.39, 0.29) is 22.6 Å². The summed E-state index contributed by atoms with van der Waals surface area (Å²) in [5.74, 6) is -0.345. The van der Waals surface area contributed by atoms with Crippen molar-refractivity contribution < 1.29 is 18.0 Å². The Hall–Kier alpha value is -1.97. The highest BCUT2D eigenvalue weighted by atomic mass is 32.2. The van der Waals surface area contributed by atoms with Crippen molar-refractivity contribution in [1.82, 2.24) is 14.1 Å². The second-order valence-electron chi connectivity index (χ2n) is 7.39. The van der Waals surface area contributed by atoms with Gasteiger partial charge in [0.25, 0.3) is 5.91 Å². The first-order valence-electron chi connectivity index (χ1n) is 9.05. The third-order valence-corrected chi connectivity index (χ3v) is 7.31. The average Bonchev–Trinajstić information content (AvgIpc) is 2.60. The molecule has 0 saturated carbocycles. The van der Waals surface area contributed by atoms with E-state index in [2.05, 4.69) is 4.90 Å². The fourth-order valence-electron chi connectivity index (χ4n) is 3.56. The van der Waals surface area contributed by atoms with Crippen LogP contribution in [0.3, 0.4) is 0 Å². The Labute approximate surface area is 160 Å². The summed E-state index contributed by atoms with van der Waals surface area (Å²) in [6.45, 7) is 2.96. The van der Waals surface area contributed by atoms with Gasteiger partial charge in [-0.2, -0.15) is 0 Å². The minimum Gasteiger partial charge on any atom is -0.369 e. The zero-order chi connectivity index (χ0) is 19.8. The average molecular weight is 394 g/mol. The maximum Gasteiger partial charge on any atom is 0.253 e. The first-order chi connectivity index (χ1) is 12.7. The third-order valence-electron chi connectivity index (χ3n) is 5.48. The predicted molar refractivity (Wildman–Crippen MR) is 100 cm³/mol. The molecule has 27 heavy (non-hydrogen) atoms. The standard InChI is InChI=1S/C18H26N4O4S/c1-20(2)27(25,26)16-5-3-14(4-6-16)18(24)22-11-15(12-22)21-9-7-13(8-10-21)17(19)23/h3-6,13,15H,7-12H2,1-2H3,(H2,19,23). The molecule has 0 aromatic heterocycles. The van der Waals surface area contributed by atoms with E-state index in [0.29, 0.717) is 24.7 Å². The van der Waals surface area contributed by atoms with E-state index >= 15 is 0 Å². The fraction of sp³-hybridized carbons (Fsp3) is 0.556. The van der Waals surface area contributed by atoms with Gasteiger partial charge in [-0.3, -0.25) is 14.5 Å². The predicted octanol–water partition coefficient (Wildman–Crippen LogP) is -0.0414. The fourth-order valence-corrected chi connectivity index (χ4v) is 4.47. The summed E-state index contributed by atoms with van der Waals surface area (Å²) in [4.78, 5) is 28.1. The Bertz CT molecular complexity index is 808. The molecule has 2 fully saturated rings. The number of sulfonamides is 1. The van der Waals surface area contributed by atoms with E-state index in [4.69, 9.17) is 5.73 Å². The Morgan fingerprint density at radius 1 is 1.07 bits per heavy atom. The zero-order valence-corrected chi connectivity index (χ0v) is 16.5. The van der Waals surface area contributed by atoms with Gasteiger partial charge in [0.2, 0.25) is 15.9 Å². The highest BCUT2D eigenvalue weighted by Gasteiger charge is 2.37. The smallest absolute Gasteiger partial charge is 0.253 e. The number of piperidine rings is 1. The number of benzene rings is 1. The van der Waals surface area contributed by atoms with E-state index < -0.39 is 10.0 Å². The second-order valence-corrected chi connectivity index (χ2v) is 9.54. The van der Waals surface area contributed by atoms with E-state index in [1.807, 2.05) is 0 Å². The Balaban J connectivity index is 1.54. The largest absolute Gasteiger partial charge is 0.369 e. The van der Waals surface area contributed by atoms with Crippen molar-refractivity contribution in [2.24, 2.45) is 11.7 Å². The summed E-state index contributed by atoms with van der Waals surface area (Å²) in [6.07, 6.45) is 1.56. The minimum absolute atomic E-state index is 0.0315. The molecule has 2 saturated heterocycles. The quantitative estimate of drug-likeness (QED) is 0.755. The van der Waals surface area contributed by atoms with Crippen molar-refractivity contribution in [2.75, 3.05) is 40.3 Å². The summed E-state index contributed by atoms with van der Waals surface area (Å²) in [6, 6.07) is 6.37. The van der Waals surface area contributed by atoms with E-state index in [9.17, 15) is 18.0 Å². The molecule has 2 aliphatic rings. The molecule has 2 aliphatic heterocycles. The van der Waals surface area contributed by atoms with Crippen molar-refractivity contribution >= 4 is 21.8 Å². The summed E-state index contributed by atoms with van der Waals surface area (Å²) >= 11 is 0. The van der Waals surface area contributed by atoms with Crippen LogP contribution in [-0.2, 0) is 14.8 Å². The monoisotopic (exact) mass is 394 g/mol. The van der Waals surface area contributed by atoms with Gasteiger partial charge in [-0.25, -0.2) is 12.7 Å². The summed E-state index contributed by atoms with van der Waals surface area (Å²) < 4.78 is 25.3. The maximum atomic E-state index is 12.6. The van der Waals surface area contributed by atoms with Gasteiger partial charge in [0.1, 0.15) is 0 Å². The van der Waals surface area contributed by atoms with Gasteiger partial charge in [0.15, 0.2) is 0 Å². The zero-order valence-electron chi connectivity index (χ0n) is 15.7. The molecule has 3 rings (SSSR count). The number of nitrogens with two attached hydrogens (primary N) is 1. The van der Waals surface area contributed by atoms with Gasteiger partial charge in [0, 0.05) is 44.7 Å². The van der Waals surface area contributed by atoms with Crippen molar-refractivity contribution in [3.8, 4) is 0 Å². The molecule has 148 valence electrons. The summed E-state index contributed by atoms with van der Waals surface area (Å²) in [5, 5.41) is 0. The number of primary amides is 1. The van der Waals surface area contributed by atoms with Crippen molar-refractivity contribution in [2.45, 2.75) is 23.8 Å². The molecular formula is C18H26N4O4S. The lowest BCUT2D eigenvalue weighted by Crippen LogP contribution is -2.62. The number of carbonyl (C=O) groups is 2. The second kappa shape index (κ2) is 7.57. The molecule has 0 atom stereocenters. The van der Waals surface area contributed by atoms with Gasteiger partial charge in [0.05, 0.1) is 4.90 Å². The van der Waals surface area contributed by atoms with E-state index in [1.54, 1.807) is 17.0 Å². The minimum atomic E-state index is -3.50. The van der Waals surface area contributed by atoms with Crippen molar-refractivity contribution in [3.05, 3.63) is 29.8 Å². The molecule has 0 aliphatic carbocycles. The molecule has 0 bridgehead atoms. The number of nitrogens with zero attached hydrogens (tertiary/aromatic N) is 3.